The van der Waals surface area contributed by atoms with E-state index in [2.05, 4.69) is 10.3 Å². The molecule has 5 heteroatoms. The van der Waals surface area contributed by atoms with Crippen LogP contribution in [-0.4, -0.2) is 17.0 Å². The van der Waals surface area contributed by atoms with Gasteiger partial charge in [-0.2, -0.15) is 0 Å². The Hall–Kier alpha value is -2.07. The zero-order valence-electron chi connectivity index (χ0n) is 11.0. The van der Waals surface area contributed by atoms with Crippen LogP contribution < -0.4 is 10.1 Å². The van der Waals surface area contributed by atoms with Crippen molar-refractivity contribution in [2.75, 3.05) is 0 Å². The van der Waals surface area contributed by atoms with Crippen LogP contribution in [0.4, 0.5) is 0 Å². The SMILES string of the molecule is C[C@H](Oc1ccccc1Cl)C(=O)NCc1ccccn1. The summed E-state index contributed by atoms with van der Waals surface area (Å²) in [5, 5.41) is 3.25. The predicted molar refractivity (Wildman–Crippen MR) is 77.6 cm³/mol. The molecule has 0 unspecified atom stereocenters. The van der Waals surface area contributed by atoms with Crippen LogP contribution in [0.15, 0.2) is 48.7 Å². The smallest absolute Gasteiger partial charge is 0.261 e. The molecule has 0 radical (unpaired) electrons. The van der Waals surface area contributed by atoms with Gasteiger partial charge in [-0.25, -0.2) is 0 Å². The maximum absolute atomic E-state index is 11.9. The second-order valence-electron chi connectivity index (χ2n) is 4.23. The number of benzene rings is 1. The molecular formula is C15H15ClN2O2. The minimum Gasteiger partial charge on any atom is -0.479 e. The van der Waals surface area contributed by atoms with E-state index >= 15 is 0 Å². The number of halogens is 1. The number of carbonyl (C=O) groups is 1. The van der Waals surface area contributed by atoms with Crippen molar-refractivity contribution >= 4 is 17.5 Å². The lowest BCUT2D eigenvalue weighted by molar-refractivity contribution is -0.127. The van der Waals surface area contributed by atoms with E-state index in [9.17, 15) is 4.79 Å². The molecule has 4 nitrogen and oxygen atoms in total. The molecule has 2 aromatic rings. The second kappa shape index (κ2) is 6.91. The molecule has 0 aliphatic carbocycles. The molecule has 1 aromatic carbocycles. The number of amides is 1. The minimum atomic E-state index is -0.626. The third-order valence-electron chi connectivity index (χ3n) is 2.68. The van der Waals surface area contributed by atoms with Crippen molar-refractivity contribution in [1.82, 2.24) is 10.3 Å². The van der Waals surface area contributed by atoms with Gasteiger partial charge in [0, 0.05) is 6.20 Å². The van der Waals surface area contributed by atoms with E-state index in [1.165, 1.54) is 0 Å². The number of hydrogen-bond acceptors (Lipinski definition) is 3. The van der Waals surface area contributed by atoms with Gasteiger partial charge in [-0.3, -0.25) is 9.78 Å². The zero-order valence-corrected chi connectivity index (χ0v) is 11.8. The molecule has 0 saturated heterocycles. The highest BCUT2D eigenvalue weighted by Crippen LogP contribution is 2.24. The Morgan fingerprint density at radius 2 is 2.05 bits per heavy atom. The van der Waals surface area contributed by atoms with E-state index in [0.29, 0.717) is 17.3 Å². The number of carbonyl (C=O) groups excluding carboxylic acids is 1. The van der Waals surface area contributed by atoms with Gasteiger partial charge in [0.05, 0.1) is 17.3 Å². The van der Waals surface area contributed by atoms with Gasteiger partial charge in [0.25, 0.3) is 5.91 Å². The average molecular weight is 291 g/mol. The highest BCUT2D eigenvalue weighted by Gasteiger charge is 2.15. The molecule has 0 aliphatic rings. The number of nitrogens with zero attached hydrogens (tertiary/aromatic N) is 1. The summed E-state index contributed by atoms with van der Waals surface area (Å²) in [6.07, 6.45) is 1.06. The number of para-hydroxylation sites is 1. The lowest BCUT2D eigenvalue weighted by Crippen LogP contribution is -2.36. The lowest BCUT2D eigenvalue weighted by Gasteiger charge is -2.15. The summed E-state index contributed by atoms with van der Waals surface area (Å²) >= 11 is 5.98. The van der Waals surface area contributed by atoms with Crippen molar-refractivity contribution in [3.8, 4) is 5.75 Å². The molecule has 1 aromatic heterocycles. The van der Waals surface area contributed by atoms with Crippen molar-refractivity contribution < 1.29 is 9.53 Å². The number of ether oxygens (including phenoxy) is 1. The molecule has 1 N–H and O–H groups in total. The monoisotopic (exact) mass is 290 g/mol. The third-order valence-corrected chi connectivity index (χ3v) is 2.99. The summed E-state index contributed by atoms with van der Waals surface area (Å²) in [7, 11) is 0. The standard InChI is InChI=1S/C15H15ClN2O2/c1-11(20-14-8-3-2-7-13(14)16)15(19)18-10-12-6-4-5-9-17-12/h2-9,11H,10H2,1H3,(H,18,19)/t11-/m0/s1. The van der Waals surface area contributed by atoms with E-state index in [1.807, 2.05) is 18.2 Å². The number of nitrogens with one attached hydrogen (secondary N) is 1. The first kappa shape index (κ1) is 14.3. The zero-order chi connectivity index (χ0) is 14.4. The summed E-state index contributed by atoms with van der Waals surface area (Å²) in [6, 6.07) is 12.6. The molecule has 0 aliphatic heterocycles. The molecule has 1 atom stereocenters. The molecule has 1 amide bonds. The van der Waals surface area contributed by atoms with Crippen LogP contribution in [0.5, 0.6) is 5.75 Å². The maximum atomic E-state index is 11.9. The van der Waals surface area contributed by atoms with Crippen LogP contribution in [-0.2, 0) is 11.3 Å². The van der Waals surface area contributed by atoms with Gasteiger partial charge in [-0.15, -0.1) is 0 Å². The number of rotatable bonds is 5. The van der Waals surface area contributed by atoms with Gasteiger partial charge in [-0.1, -0.05) is 29.8 Å². The quantitative estimate of drug-likeness (QED) is 0.921. The Morgan fingerprint density at radius 1 is 1.30 bits per heavy atom. The Balaban J connectivity index is 1.88. The molecule has 0 spiro atoms. The van der Waals surface area contributed by atoms with E-state index in [4.69, 9.17) is 16.3 Å². The lowest BCUT2D eigenvalue weighted by atomic mass is 10.3. The van der Waals surface area contributed by atoms with Crippen molar-refractivity contribution in [3.05, 3.63) is 59.4 Å². The Labute approximate surface area is 122 Å². The summed E-state index contributed by atoms with van der Waals surface area (Å²) in [5.41, 5.74) is 0.797. The first-order valence-electron chi connectivity index (χ1n) is 6.25. The van der Waals surface area contributed by atoms with Crippen LogP contribution in [0.1, 0.15) is 12.6 Å². The number of pyridine rings is 1. The second-order valence-corrected chi connectivity index (χ2v) is 4.64. The molecule has 104 valence electrons. The van der Waals surface area contributed by atoms with Gasteiger partial charge in [0.15, 0.2) is 6.10 Å². The van der Waals surface area contributed by atoms with Crippen LogP contribution >= 0.6 is 11.6 Å². The number of aromatic nitrogens is 1. The highest BCUT2D eigenvalue weighted by molar-refractivity contribution is 6.32. The maximum Gasteiger partial charge on any atom is 0.261 e. The Kier molecular flexibility index (Phi) is 4.96. The molecule has 1 heterocycles. The average Bonchev–Trinajstić information content (AvgIpc) is 2.48. The van der Waals surface area contributed by atoms with Gasteiger partial charge >= 0.3 is 0 Å². The first-order valence-corrected chi connectivity index (χ1v) is 6.63. The molecule has 20 heavy (non-hydrogen) atoms. The molecule has 0 saturated carbocycles. The van der Waals surface area contributed by atoms with Crippen molar-refractivity contribution in [3.63, 3.8) is 0 Å². The van der Waals surface area contributed by atoms with Crippen LogP contribution in [0.2, 0.25) is 5.02 Å². The highest BCUT2D eigenvalue weighted by atomic mass is 35.5. The predicted octanol–water partition coefficient (Wildman–Crippen LogP) is 2.82. The molecule has 2 rings (SSSR count). The van der Waals surface area contributed by atoms with Gasteiger partial charge in [0.2, 0.25) is 0 Å². The first-order chi connectivity index (χ1) is 9.66. The Morgan fingerprint density at radius 3 is 2.75 bits per heavy atom. The van der Waals surface area contributed by atoms with Crippen molar-refractivity contribution in [1.29, 1.82) is 0 Å². The van der Waals surface area contributed by atoms with Crippen molar-refractivity contribution in [2.45, 2.75) is 19.6 Å². The van der Waals surface area contributed by atoms with Gasteiger partial charge in [0.1, 0.15) is 5.75 Å². The number of hydrogen-bond donors (Lipinski definition) is 1. The van der Waals surface area contributed by atoms with Crippen LogP contribution in [0, 0.1) is 0 Å². The molecular weight excluding hydrogens is 276 g/mol. The summed E-state index contributed by atoms with van der Waals surface area (Å²) in [5.74, 6) is 0.283. The molecule has 0 fully saturated rings. The molecule has 0 bridgehead atoms. The summed E-state index contributed by atoms with van der Waals surface area (Å²) in [6.45, 7) is 2.05. The normalized spacial score (nSPS) is 11.7. The fourth-order valence-electron chi connectivity index (χ4n) is 1.61. The fraction of sp³-hybridized carbons (Fsp3) is 0.200. The Bertz CT molecular complexity index is 575. The summed E-state index contributed by atoms with van der Waals surface area (Å²) < 4.78 is 5.53. The van der Waals surface area contributed by atoms with Gasteiger partial charge < -0.3 is 10.1 Å². The van der Waals surface area contributed by atoms with E-state index in [-0.39, 0.29) is 5.91 Å². The third kappa shape index (κ3) is 3.96. The van der Waals surface area contributed by atoms with Crippen LogP contribution in [0.25, 0.3) is 0 Å². The minimum absolute atomic E-state index is 0.212. The van der Waals surface area contributed by atoms with Crippen molar-refractivity contribution in [2.24, 2.45) is 0 Å². The van der Waals surface area contributed by atoms with E-state index < -0.39 is 6.10 Å². The largest absolute Gasteiger partial charge is 0.479 e. The fourth-order valence-corrected chi connectivity index (χ4v) is 1.79. The van der Waals surface area contributed by atoms with E-state index in [1.54, 1.807) is 37.4 Å². The summed E-state index contributed by atoms with van der Waals surface area (Å²) in [4.78, 5) is 16.1. The van der Waals surface area contributed by atoms with Crippen LogP contribution in [0.3, 0.4) is 0 Å². The van der Waals surface area contributed by atoms with Gasteiger partial charge in [-0.05, 0) is 31.2 Å². The van der Waals surface area contributed by atoms with E-state index in [0.717, 1.165) is 5.69 Å². The topological polar surface area (TPSA) is 51.2 Å².